The normalized spacial score (nSPS) is 21.0. The van der Waals surface area contributed by atoms with Crippen LogP contribution in [0.1, 0.15) is 10.4 Å². The number of fused-ring (bicyclic) bond motifs is 1. The Bertz CT molecular complexity index is 591. The summed E-state index contributed by atoms with van der Waals surface area (Å²) >= 11 is 0. The van der Waals surface area contributed by atoms with Gasteiger partial charge >= 0.3 is 12.0 Å². The summed E-state index contributed by atoms with van der Waals surface area (Å²) in [7, 11) is 1.32. The van der Waals surface area contributed by atoms with E-state index in [0.717, 1.165) is 0 Å². The highest BCUT2D eigenvalue weighted by atomic mass is 16.5. The maximum atomic E-state index is 11.7. The van der Waals surface area contributed by atoms with Crippen molar-refractivity contribution in [3.05, 3.63) is 17.8 Å². The third-order valence-corrected chi connectivity index (χ3v) is 3.88. The minimum absolute atomic E-state index is 0.0137. The summed E-state index contributed by atoms with van der Waals surface area (Å²) < 4.78 is 4.71. The first kappa shape index (κ1) is 13.5. The number of anilines is 2. The Morgan fingerprint density at radius 2 is 2.33 bits per heavy atom. The van der Waals surface area contributed by atoms with E-state index in [0.29, 0.717) is 43.2 Å². The van der Waals surface area contributed by atoms with Gasteiger partial charge in [0.2, 0.25) is 0 Å². The summed E-state index contributed by atoms with van der Waals surface area (Å²) in [6.45, 7) is 2.61. The van der Waals surface area contributed by atoms with Crippen LogP contribution in [-0.2, 0) is 4.74 Å². The molecule has 21 heavy (non-hydrogen) atoms. The van der Waals surface area contributed by atoms with Crippen LogP contribution in [0.5, 0.6) is 0 Å². The molecule has 0 saturated carbocycles. The number of amides is 2. The maximum Gasteiger partial charge on any atom is 0.340 e. The van der Waals surface area contributed by atoms with Crippen LogP contribution in [0.25, 0.3) is 0 Å². The number of ether oxygens (including phenoxy) is 1. The van der Waals surface area contributed by atoms with E-state index in [1.807, 2.05) is 9.80 Å². The van der Waals surface area contributed by atoms with Gasteiger partial charge in [-0.2, -0.15) is 0 Å². The number of nitrogens with two attached hydrogens (primary N) is 1. The molecule has 0 radical (unpaired) electrons. The zero-order chi connectivity index (χ0) is 15.0. The third-order valence-electron chi connectivity index (χ3n) is 3.88. The Labute approximate surface area is 121 Å². The molecule has 2 saturated heterocycles. The molecule has 1 unspecified atom stereocenters. The minimum Gasteiger partial charge on any atom is -0.465 e. The predicted octanol–water partition coefficient (Wildman–Crippen LogP) is -0.336. The van der Waals surface area contributed by atoms with Crippen molar-refractivity contribution in [2.24, 2.45) is 0 Å². The number of methoxy groups -OCH3 is 1. The first-order valence-electron chi connectivity index (χ1n) is 6.73. The van der Waals surface area contributed by atoms with Crippen molar-refractivity contribution in [3.63, 3.8) is 0 Å². The highest BCUT2D eigenvalue weighted by Crippen LogP contribution is 2.23. The fourth-order valence-electron chi connectivity index (χ4n) is 2.73. The number of pyridine rings is 1. The fraction of sp³-hybridized carbons (Fsp3) is 0.462. The van der Waals surface area contributed by atoms with Gasteiger partial charge < -0.3 is 25.6 Å². The molecular weight excluding hydrogens is 274 g/mol. The maximum absolute atomic E-state index is 11.7. The van der Waals surface area contributed by atoms with Crippen LogP contribution in [0.4, 0.5) is 16.3 Å². The van der Waals surface area contributed by atoms with Crippen LogP contribution in [0.2, 0.25) is 0 Å². The van der Waals surface area contributed by atoms with Crippen molar-refractivity contribution >= 4 is 23.5 Å². The van der Waals surface area contributed by atoms with Gasteiger partial charge in [-0.3, -0.25) is 0 Å². The number of rotatable bonds is 2. The molecule has 2 amide bonds. The second-order valence-corrected chi connectivity index (χ2v) is 5.10. The lowest BCUT2D eigenvalue weighted by Gasteiger charge is -2.37. The van der Waals surface area contributed by atoms with Crippen LogP contribution in [0.15, 0.2) is 12.3 Å². The van der Waals surface area contributed by atoms with E-state index in [-0.39, 0.29) is 12.1 Å². The van der Waals surface area contributed by atoms with Gasteiger partial charge in [-0.25, -0.2) is 14.6 Å². The topological polar surface area (TPSA) is 101 Å². The predicted molar refractivity (Wildman–Crippen MR) is 76.1 cm³/mol. The first-order valence-corrected chi connectivity index (χ1v) is 6.73. The van der Waals surface area contributed by atoms with E-state index in [1.165, 1.54) is 13.3 Å². The number of urea groups is 1. The summed E-state index contributed by atoms with van der Waals surface area (Å²) in [6, 6.07) is 1.76. The Kier molecular flexibility index (Phi) is 3.28. The molecule has 3 rings (SSSR count). The average molecular weight is 291 g/mol. The van der Waals surface area contributed by atoms with Gasteiger partial charge in [0.05, 0.1) is 30.6 Å². The van der Waals surface area contributed by atoms with Crippen LogP contribution in [0.3, 0.4) is 0 Å². The van der Waals surface area contributed by atoms with Gasteiger partial charge in [0.15, 0.2) is 0 Å². The average Bonchev–Trinajstić information content (AvgIpc) is 2.88. The van der Waals surface area contributed by atoms with Crippen molar-refractivity contribution in [1.29, 1.82) is 0 Å². The van der Waals surface area contributed by atoms with Crippen molar-refractivity contribution in [3.8, 4) is 0 Å². The molecule has 3 N–H and O–H groups in total. The van der Waals surface area contributed by atoms with E-state index >= 15 is 0 Å². The molecule has 3 heterocycles. The fourth-order valence-corrected chi connectivity index (χ4v) is 2.73. The summed E-state index contributed by atoms with van der Waals surface area (Å²) in [5.74, 6) is 0.191. The van der Waals surface area contributed by atoms with Gasteiger partial charge in [-0.1, -0.05) is 0 Å². The van der Waals surface area contributed by atoms with Gasteiger partial charge in [0.1, 0.15) is 5.82 Å². The number of hydrogen-bond acceptors (Lipinski definition) is 6. The van der Waals surface area contributed by atoms with Gasteiger partial charge in [-0.05, 0) is 6.07 Å². The third kappa shape index (κ3) is 2.32. The zero-order valence-corrected chi connectivity index (χ0v) is 11.7. The Morgan fingerprint density at radius 1 is 1.52 bits per heavy atom. The van der Waals surface area contributed by atoms with E-state index in [1.54, 1.807) is 6.07 Å². The lowest BCUT2D eigenvalue weighted by molar-refractivity contribution is 0.0602. The molecule has 8 heteroatoms. The highest BCUT2D eigenvalue weighted by Gasteiger charge is 2.35. The molecule has 112 valence electrons. The molecule has 0 bridgehead atoms. The van der Waals surface area contributed by atoms with Crippen molar-refractivity contribution in [2.75, 3.05) is 43.9 Å². The second kappa shape index (κ2) is 5.12. The second-order valence-electron chi connectivity index (χ2n) is 5.10. The molecule has 1 aromatic rings. The highest BCUT2D eigenvalue weighted by molar-refractivity contribution is 5.95. The quantitative estimate of drug-likeness (QED) is 0.723. The summed E-state index contributed by atoms with van der Waals surface area (Å²) in [4.78, 5) is 31.4. The standard InChI is InChI=1S/C13H17N5O3/c1-21-12(19)9-4-11(15-6-10(9)14)17-2-3-18-8(7-17)5-16-13(18)20/h4,6,8H,2-3,5,7,14H2,1H3,(H,16,20). The number of nitrogens with zero attached hydrogens (tertiary/aromatic N) is 3. The largest absolute Gasteiger partial charge is 0.465 e. The smallest absolute Gasteiger partial charge is 0.340 e. The zero-order valence-electron chi connectivity index (χ0n) is 11.7. The molecule has 2 aliphatic rings. The lowest BCUT2D eigenvalue weighted by atomic mass is 10.1. The van der Waals surface area contributed by atoms with Crippen LogP contribution in [0, 0.1) is 0 Å². The van der Waals surface area contributed by atoms with E-state index in [4.69, 9.17) is 10.5 Å². The number of nitrogens with one attached hydrogen (secondary N) is 1. The number of esters is 1. The number of hydrogen-bond donors (Lipinski definition) is 2. The van der Waals surface area contributed by atoms with Gasteiger partial charge in [0, 0.05) is 26.2 Å². The van der Waals surface area contributed by atoms with Crippen LogP contribution >= 0.6 is 0 Å². The molecule has 2 fully saturated rings. The number of piperazine rings is 1. The first-order chi connectivity index (χ1) is 10.1. The molecule has 0 aromatic carbocycles. The lowest BCUT2D eigenvalue weighted by Crippen LogP contribution is -2.52. The van der Waals surface area contributed by atoms with Crippen LogP contribution in [-0.4, -0.2) is 61.2 Å². The van der Waals surface area contributed by atoms with E-state index < -0.39 is 5.97 Å². The molecule has 1 aromatic heterocycles. The van der Waals surface area contributed by atoms with Crippen molar-refractivity contribution in [1.82, 2.24) is 15.2 Å². The molecular formula is C13H17N5O3. The van der Waals surface area contributed by atoms with Crippen molar-refractivity contribution < 1.29 is 14.3 Å². The SMILES string of the molecule is COC(=O)c1cc(N2CCN3C(=O)NCC3C2)ncc1N. The monoisotopic (exact) mass is 291 g/mol. The molecule has 0 spiro atoms. The van der Waals surface area contributed by atoms with Gasteiger partial charge in [0.25, 0.3) is 0 Å². The molecule has 8 nitrogen and oxygen atoms in total. The summed E-state index contributed by atoms with van der Waals surface area (Å²) in [5.41, 5.74) is 6.36. The number of nitrogen functional groups attached to an aromatic ring is 1. The Hall–Kier alpha value is -2.51. The summed E-state index contributed by atoms with van der Waals surface area (Å²) in [6.07, 6.45) is 1.46. The number of carbonyl (C=O) groups excluding carboxylic acids is 2. The van der Waals surface area contributed by atoms with E-state index in [2.05, 4.69) is 10.3 Å². The Balaban J connectivity index is 1.81. The summed E-state index contributed by atoms with van der Waals surface area (Å²) in [5, 5.41) is 2.83. The van der Waals surface area contributed by atoms with Crippen molar-refractivity contribution in [2.45, 2.75) is 6.04 Å². The number of carbonyl (C=O) groups is 2. The van der Waals surface area contributed by atoms with E-state index in [9.17, 15) is 9.59 Å². The number of aromatic nitrogens is 1. The minimum atomic E-state index is -0.479. The van der Waals surface area contributed by atoms with Crippen LogP contribution < -0.4 is 16.0 Å². The van der Waals surface area contributed by atoms with Gasteiger partial charge in [-0.15, -0.1) is 0 Å². The Morgan fingerprint density at radius 3 is 3.10 bits per heavy atom. The molecule has 2 aliphatic heterocycles. The molecule has 0 aliphatic carbocycles. The molecule has 1 atom stereocenters.